The Labute approximate surface area is 169 Å². The molecule has 0 spiro atoms. The van der Waals surface area contributed by atoms with E-state index in [0.717, 1.165) is 35.7 Å². The van der Waals surface area contributed by atoms with Crippen LogP contribution >= 0.6 is 11.8 Å². The lowest BCUT2D eigenvalue weighted by Crippen LogP contribution is -2.23. The van der Waals surface area contributed by atoms with E-state index in [9.17, 15) is 4.79 Å². The van der Waals surface area contributed by atoms with Gasteiger partial charge in [-0.15, -0.1) is 0 Å². The third-order valence-corrected chi connectivity index (χ3v) is 5.34. The Bertz CT molecular complexity index is 926. The number of anilines is 1. The average molecular weight is 394 g/mol. The molecule has 0 atom stereocenters. The zero-order valence-electron chi connectivity index (χ0n) is 16.0. The maximum Gasteiger partial charge on any atom is 0.335 e. The van der Waals surface area contributed by atoms with Crippen LogP contribution < -0.4 is 4.90 Å². The van der Waals surface area contributed by atoms with Gasteiger partial charge in [0.2, 0.25) is 0 Å². The maximum atomic E-state index is 11.0. The number of nitrogens with zero attached hydrogens (tertiary/aromatic N) is 3. The van der Waals surface area contributed by atoms with Gasteiger partial charge in [0.15, 0.2) is 5.16 Å². The zero-order valence-corrected chi connectivity index (χ0v) is 16.8. The van der Waals surface area contributed by atoms with E-state index < -0.39 is 5.97 Å². The molecule has 0 bridgehead atoms. The van der Waals surface area contributed by atoms with E-state index in [-0.39, 0.29) is 0 Å². The summed E-state index contributed by atoms with van der Waals surface area (Å²) < 4.78 is 0. The number of carboxylic acids is 1. The van der Waals surface area contributed by atoms with Crippen molar-refractivity contribution in [1.29, 1.82) is 0 Å². The number of rotatable bonds is 8. The molecule has 0 fully saturated rings. The number of benzene rings is 2. The summed E-state index contributed by atoms with van der Waals surface area (Å²) in [5, 5.41) is 9.74. The summed E-state index contributed by atoms with van der Waals surface area (Å²) in [6, 6.07) is 19.1. The average Bonchev–Trinajstić information content (AvgIpc) is 2.74. The topological polar surface area (TPSA) is 66.3 Å². The van der Waals surface area contributed by atoms with E-state index in [4.69, 9.17) is 15.1 Å². The maximum absolute atomic E-state index is 11.0. The molecular weight excluding hydrogens is 370 g/mol. The van der Waals surface area contributed by atoms with Crippen molar-refractivity contribution in [2.75, 3.05) is 18.0 Å². The van der Waals surface area contributed by atoms with Crippen molar-refractivity contribution in [3.63, 3.8) is 0 Å². The van der Waals surface area contributed by atoms with E-state index >= 15 is 0 Å². The molecule has 0 radical (unpaired) electrons. The van der Waals surface area contributed by atoms with E-state index in [1.54, 1.807) is 23.9 Å². The van der Waals surface area contributed by atoms with Crippen LogP contribution in [0.3, 0.4) is 0 Å². The minimum Gasteiger partial charge on any atom is -0.478 e. The first kappa shape index (κ1) is 19.9. The summed E-state index contributed by atoms with van der Waals surface area (Å²) in [6.45, 7) is 5.99. The van der Waals surface area contributed by atoms with Gasteiger partial charge < -0.3 is 10.0 Å². The Morgan fingerprint density at radius 1 is 1.00 bits per heavy atom. The lowest BCUT2D eigenvalue weighted by molar-refractivity contribution is 0.0697. The third kappa shape index (κ3) is 4.89. The summed E-state index contributed by atoms with van der Waals surface area (Å²) in [6.07, 6.45) is 0. The molecule has 0 saturated heterocycles. The Morgan fingerprint density at radius 2 is 1.68 bits per heavy atom. The summed E-state index contributed by atoms with van der Waals surface area (Å²) in [5.74, 6) is 0.681. The first-order valence-corrected chi connectivity index (χ1v) is 10.2. The van der Waals surface area contributed by atoms with Gasteiger partial charge in [-0.05, 0) is 31.5 Å². The molecular formula is C22H23N3O2S. The van der Waals surface area contributed by atoms with E-state index in [1.165, 1.54) is 0 Å². The predicted octanol–water partition coefficient (Wildman–Crippen LogP) is 4.98. The Balaban J connectivity index is 1.86. The quantitative estimate of drug-likeness (QED) is 0.430. The highest BCUT2D eigenvalue weighted by Crippen LogP contribution is 2.27. The van der Waals surface area contributed by atoms with Crippen molar-refractivity contribution in [3.8, 4) is 11.3 Å². The molecule has 28 heavy (non-hydrogen) atoms. The molecule has 5 nitrogen and oxygen atoms in total. The van der Waals surface area contributed by atoms with Gasteiger partial charge in [0.1, 0.15) is 5.82 Å². The number of thioether (sulfide) groups is 1. The molecule has 0 aliphatic heterocycles. The van der Waals surface area contributed by atoms with Crippen LogP contribution in [0.15, 0.2) is 65.8 Å². The molecule has 0 aliphatic carbocycles. The van der Waals surface area contributed by atoms with Gasteiger partial charge >= 0.3 is 5.97 Å². The predicted molar refractivity (Wildman–Crippen MR) is 114 cm³/mol. The molecule has 1 N–H and O–H groups in total. The first-order valence-electron chi connectivity index (χ1n) is 9.25. The second-order valence-electron chi connectivity index (χ2n) is 6.22. The van der Waals surface area contributed by atoms with Crippen molar-refractivity contribution < 1.29 is 9.90 Å². The monoisotopic (exact) mass is 393 g/mol. The smallest absolute Gasteiger partial charge is 0.335 e. The van der Waals surface area contributed by atoms with Gasteiger partial charge in [-0.3, -0.25) is 0 Å². The van der Waals surface area contributed by atoms with Crippen LogP contribution in [0.25, 0.3) is 11.3 Å². The highest BCUT2D eigenvalue weighted by molar-refractivity contribution is 7.98. The van der Waals surface area contributed by atoms with Crippen molar-refractivity contribution >= 4 is 23.5 Å². The molecule has 0 aliphatic rings. The van der Waals surface area contributed by atoms with Crippen molar-refractivity contribution in [2.24, 2.45) is 0 Å². The van der Waals surface area contributed by atoms with Gasteiger partial charge in [0.05, 0.1) is 11.3 Å². The van der Waals surface area contributed by atoms with Gasteiger partial charge in [-0.2, -0.15) is 0 Å². The Hall–Kier alpha value is -2.86. The highest BCUT2D eigenvalue weighted by atomic mass is 32.2. The number of aromatic carboxylic acids is 1. The van der Waals surface area contributed by atoms with Crippen LogP contribution in [0.4, 0.5) is 5.82 Å². The molecule has 2 aromatic carbocycles. The first-order chi connectivity index (χ1) is 13.6. The summed E-state index contributed by atoms with van der Waals surface area (Å²) in [5.41, 5.74) is 3.29. The minimum absolute atomic E-state index is 0.292. The van der Waals surface area contributed by atoms with E-state index in [0.29, 0.717) is 16.5 Å². The Morgan fingerprint density at radius 3 is 2.29 bits per heavy atom. The van der Waals surface area contributed by atoms with Crippen LogP contribution in [0, 0.1) is 0 Å². The third-order valence-electron chi connectivity index (χ3n) is 4.42. The van der Waals surface area contributed by atoms with Crippen LogP contribution in [0.2, 0.25) is 0 Å². The van der Waals surface area contributed by atoms with Crippen LogP contribution in [0.5, 0.6) is 0 Å². The largest absolute Gasteiger partial charge is 0.478 e. The zero-order chi connectivity index (χ0) is 19.9. The fourth-order valence-electron chi connectivity index (χ4n) is 2.84. The van der Waals surface area contributed by atoms with Gasteiger partial charge in [-0.25, -0.2) is 14.8 Å². The fourth-order valence-corrected chi connectivity index (χ4v) is 3.64. The number of carbonyl (C=O) groups is 1. The molecule has 0 amide bonds. The lowest BCUT2D eigenvalue weighted by Gasteiger charge is -2.21. The van der Waals surface area contributed by atoms with Crippen LogP contribution in [0.1, 0.15) is 29.8 Å². The highest BCUT2D eigenvalue weighted by Gasteiger charge is 2.11. The van der Waals surface area contributed by atoms with Crippen LogP contribution in [-0.2, 0) is 5.75 Å². The van der Waals surface area contributed by atoms with Crippen molar-refractivity contribution in [2.45, 2.75) is 24.8 Å². The SMILES string of the molecule is CCN(CC)c1cc(-c2ccccc2)nc(SCc2ccc(C(=O)O)cc2)n1. The molecule has 0 saturated carbocycles. The Kier molecular flexibility index (Phi) is 6.66. The fraction of sp³-hybridized carbons (Fsp3) is 0.227. The van der Waals surface area contributed by atoms with Crippen molar-refractivity contribution in [3.05, 3.63) is 71.8 Å². The normalized spacial score (nSPS) is 10.6. The molecule has 3 aromatic rings. The van der Waals surface area contributed by atoms with E-state index in [1.807, 2.05) is 48.5 Å². The molecule has 144 valence electrons. The van der Waals surface area contributed by atoms with Gasteiger partial charge in [0, 0.05) is 30.5 Å². The molecule has 6 heteroatoms. The molecule has 0 unspecified atom stereocenters. The van der Waals surface area contributed by atoms with Gasteiger partial charge in [-0.1, -0.05) is 54.2 Å². The molecule has 1 heterocycles. The van der Waals surface area contributed by atoms with Crippen molar-refractivity contribution in [1.82, 2.24) is 9.97 Å². The number of hydrogen-bond donors (Lipinski definition) is 1. The summed E-state index contributed by atoms with van der Waals surface area (Å²) >= 11 is 1.55. The number of hydrogen-bond acceptors (Lipinski definition) is 5. The van der Waals surface area contributed by atoms with Gasteiger partial charge in [0.25, 0.3) is 0 Å². The summed E-state index contributed by atoms with van der Waals surface area (Å²) in [7, 11) is 0. The standard InChI is InChI=1S/C22H23N3O2S/c1-3-25(4-2)20-14-19(17-8-6-5-7-9-17)23-22(24-20)28-15-16-10-12-18(13-11-16)21(26)27/h5-14H,3-4,15H2,1-2H3,(H,26,27). The summed E-state index contributed by atoms with van der Waals surface area (Å²) in [4.78, 5) is 22.7. The van der Waals surface area contributed by atoms with E-state index in [2.05, 4.69) is 18.7 Å². The number of carboxylic acid groups (broad SMARTS) is 1. The van der Waals surface area contributed by atoms with Crippen LogP contribution in [-0.4, -0.2) is 34.1 Å². The molecule has 1 aromatic heterocycles. The minimum atomic E-state index is -0.915. The lowest BCUT2D eigenvalue weighted by atomic mass is 10.1. The second-order valence-corrected chi connectivity index (χ2v) is 7.17. The number of aromatic nitrogens is 2. The second kappa shape index (κ2) is 9.37. The molecule has 3 rings (SSSR count).